The van der Waals surface area contributed by atoms with Gasteiger partial charge in [0.05, 0.1) is 20.3 Å². The van der Waals surface area contributed by atoms with Crippen molar-refractivity contribution < 1.29 is 9.47 Å². The number of methoxy groups -OCH3 is 1. The zero-order chi connectivity index (χ0) is 21.8. The summed E-state index contributed by atoms with van der Waals surface area (Å²) < 4.78 is 12.7. The van der Waals surface area contributed by atoms with Crippen LogP contribution >= 0.6 is 0 Å². The zero-order valence-corrected chi connectivity index (χ0v) is 18.1. The first-order valence-corrected chi connectivity index (χ1v) is 10.8. The van der Waals surface area contributed by atoms with Crippen LogP contribution in [0.15, 0.2) is 60.9 Å². The van der Waals surface area contributed by atoms with Gasteiger partial charge in [0.2, 0.25) is 0 Å². The summed E-state index contributed by atoms with van der Waals surface area (Å²) in [6.07, 6.45) is 1.81. The van der Waals surface area contributed by atoms with E-state index in [4.69, 9.17) is 19.4 Å². The van der Waals surface area contributed by atoms with Gasteiger partial charge >= 0.3 is 0 Å². The lowest BCUT2D eigenvalue weighted by Crippen LogP contribution is -2.39. The fraction of sp³-hybridized carbons (Fsp3) is 0.292. The van der Waals surface area contributed by atoms with Crippen molar-refractivity contribution >= 4 is 17.0 Å². The van der Waals surface area contributed by atoms with Gasteiger partial charge in [0.1, 0.15) is 12.1 Å². The van der Waals surface area contributed by atoms with Gasteiger partial charge < -0.3 is 14.8 Å². The first-order valence-electron chi connectivity index (χ1n) is 10.8. The molecule has 0 bridgehead atoms. The molecule has 0 radical (unpaired) electrons. The van der Waals surface area contributed by atoms with Crippen molar-refractivity contribution in [3.8, 4) is 22.8 Å². The Balaban J connectivity index is 1.50. The molecule has 0 saturated carbocycles. The van der Waals surface area contributed by atoms with Gasteiger partial charge in [-0.2, -0.15) is 0 Å². The van der Waals surface area contributed by atoms with E-state index >= 15 is 0 Å². The molecule has 3 heterocycles. The van der Waals surface area contributed by atoms with E-state index in [9.17, 15) is 0 Å². The predicted molar refractivity (Wildman–Crippen MR) is 124 cm³/mol. The molecule has 1 aliphatic heterocycles. The molecule has 4 aromatic rings. The fourth-order valence-electron chi connectivity index (χ4n) is 3.83. The number of hydrogen-bond acceptors (Lipinski definition) is 7. The van der Waals surface area contributed by atoms with E-state index in [-0.39, 0.29) is 0 Å². The van der Waals surface area contributed by atoms with Crippen LogP contribution in [-0.2, 0) is 4.74 Å². The maximum absolute atomic E-state index is 5.44. The molecule has 164 valence electrons. The van der Waals surface area contributed by atoms with E-state index in [1.807, 2.05) is 59.2 Å². The third-order valence-corrected chi connectivity index (χ3v) is 5.60. The molecule has 0 unspecified atom stereocenters. The summed E-state index contributed by atoms with van der Waals surface area (Å²) >= 11 is 0. The first-order chi connectivity index (χ1) is 15.8. The molecule has 2 aromatic heterocycles. The smallest absolute Gasteiger partial charge is 0.170 e. The van der Waals surface area contributed by atoms with Gasteiger partial charge in [-0.25, -0.2) is 15.0 Å². The Hall–Kier alpha value is -3.49. The number of rotatable bonds is 7. The molecule has 0 amide bonds. The number of benzene rings is 2. The molecule has 2 aromatic carbocycles. The van der Waals surface area contributed by atoms with Crippen LogP contribution in [0.5, 0.6) is 5.75 Å². The third-order valence-electron chi connectivity index (χ3n) is 5.60. The van der Waals surface area contributed by atoms with Crippen molar-refractivity contribution in [2.75, 3.05) is 51.8 Å². The van der Waals surface area contributed by atoms with Gasteiger partial charge in [-0.1, -0.05) is 18.2 Å². The first kappa shape index (κ1) is 20.4. The van der Waals surface area contributed by atoms with Crippen molar-refractivity contribution in [1.29, 1.82) is 0 Å². The van der Waals surface area contributed by atoms with Gasteiger partial charge in [0, 0.05) is 37.4 Å². The quantitative estimate of drug-likeness (QED) is 0.482. The minimum Gasteiger partial charge on any atom is -0.497 e. The van der Waals surface area contributed by atoms with Crippen molar-refractivity contribution in [1.82, 2.24) is 24.4 Å². The number of aromatic nitrogens is 4. The van der Waals surface area contributed by atoms with E-state index in [1.165, 1.54) is 0 Å². The van der Waals surface area contributed by atoms with Gasteiger partial charge in [-0.05, 0) is 36.4 Å². The van der Waals surface area contributed by atoms with Gasteiger partial charge in [0.25, 0.3) is 0 Å². The Bertz CT molecular complexity index is 1170. The van der Waals surface area contributed by atoms with Gasteiger partial charge in [0.15, 0.2) is 22.8 Å². The monoisotopic (exact) mass is 430 g/mol. The number of nitrogens with one attached hydrogen (secondary N) is 1. The Morgan fingerprint density at radius 2 is 1.78 bits per heavy atom. The summed E-state index contributed by atoms with van der Waals surface area (Å²) in [6.45, 7) is 5.20. The fourth-order valence-corrected chi connectivity index (χ4v) is 3.83. The summed E-state index contributed by atoms with van der Waals surface area (Å²) in [7, 11) is 1.66. The number of morpholine rings is 1. The Kier molecular flexibility index (Phi) is 5.96. The van der Waals surface area contributed by atoms with Gasteiger partial charge in [-0.3, -0.25) is 9.47 Å². The highest BCUT2D eigenvalue weighted by atomic mass is 16.5. The molecule has 5 rings (SSSR count). The van der Waals surface area contributed by atoms with Gasteiger partial charge in [-0.15, -0.1) is 0 Å². The Morgan fingerprint density at radius 3 is 2.53 bits per heavy atom. The number of nitrogens with zero attached hydrogens (tertiary/aromatic N) is 5. The third kappa shape index (κ3) is 4.28. The maximum atomic E-state index is 5.44. The molecular formula is C24H26N6O2. The average molecular weight is 431 g/mol. The lowest BCUT2D eigenvalue weighted by molar-refractivity contribution is 0.0398. The summed E-state index contributed by atoms with van der Waals surface area (Å²) in [5, 5.41) is 3.50. The molecule has 1 saturated heterocycles. The van der Waals surface area contributed by atoms with Crippen LogP contribution < -0.4 is 10.1 Å². The zero-order valence-electron chi connectivity index (χ0n) is 18.1. The molecule has 32 heavy (non-hydrogen) atoms. The second-order valence-electron chi connectivity index (χ2n) is 7.63. The summed E-state index contributed by atoms with van der Waals surface area (Å²) in [5.74, 6) is 2.18. The van der Waals surface area contributed by atoms with E-state index < -0.39 is 0 Å². The number of ether oxygens (including phenoxy) is 2. The molecule has 1 N–H and O–H groups in total. The summed E-state index contributed by atoms with van der Waals surface area (Å²) in [4.78, 5) is 16.7. The number of para-hydroxylation sites is 1. The SMILES string of the molecule is COc1ccc(-c2nc(NCCN3CCOCC3)c3ncn(-c4ccccc4)c3n2)cc1. The average Bonchev–Trinajstić information content (AvgIpc) is 3.29. The number of anilines is 1. The molecule has 8 nitrogen and oxygen atoms in total. The van der Waals surface area contributed by atoms with Crippen molar-refractivity contribution in [3.05, 3.63) is 60.9 Å². The molecule has 0 aliphatic carbocycles. The van der Waals surface area contributed by atoms with Crippen molar-refractivity contribution in [3.63, 3.8) is 0 Å². The van der Waals surface area contributed by atoms with Crippen LogP contribution in [0.3, 0.4) is 0 Å². The largest absolute Gasteiger partial charge is 0.497 e. The lowest BCUT2D eigenvalue weighted by Gasteiger charge is -2.26. The van der Waals surface area contributed by atoms with E-state index in [0.717, 1.165) is 73.4 Å². The van der Waals surface area contributed by atoms with Crippen LogP contribution in [0, 0.1) is 0 Å². The highest BCUT2D eigenvalue weighted by Crippen LogP contribution is 2.27. The molecule has 1 fully saturated rings. The molecule has 0 atom stereocenters. The second kappa shape index (κ2) is 9.33. The van der Waals surface area contributed by atoms with Crippen LogP contribution in [0.4, 0.5) is 5.82 Å². The van der Waals surface area contributed by atoms with Crippen molar-refractivity contribution in [2.24, 2.45) is 0 Å². The molecular weight excluding hydrogens is 404 g/mol. The number of imidazole rings is 1. The summed E-state index contributed by atoms with van der Waals surface area (Å²) in [6, 6.07) is 17.9. The van der Waals surface area contributed by atoms with E-state index in [2.05, 4.69) is 15.2 Å². The maximum Gasteiger partial charge on any atom is 0.170 e. The van der Waals surface area contributed by atoms with E-state index in [0.29, 0.717) is 5.82 Å². The lowest BCUT2D eigenvalue weighted by atomic mass is 10.2. The number of hydrogen-bond donors (Lipinski definition) is 1. The molecule has 8 heteroatoms. The second-order valence-corrected chi connectivity index (χ2v) is 7.63. The standard InChI is InChI=1S/C24H26N6O2/c1-31-20-9-7-18(8-10-20)22-27-23(25-11-12-29-13-15-32-16-14-29)21-24(28-22)30(17-26-21)19-5-3-2-4-6-19/h2-10,17H,11-16H2,1H3,(H,25,27,28). The predicted octanol–water partition coefficient (Wildman–Crippen LogP) is 3.24. The Labute approximate surface area is 186 Å². The molecule has 0 spiro atoms. The Morgan fingerprint density at radius 1 is 1.00 bits per heavy atom. The van der Waals surface area contributed by atoms with Crippen molar-refractivity contribution in [2.45, 2.75) is 0 Å². The minimum absolute atomic E-state index is 0.645. The van der Waals surface area contributed by atoms with Crippen LogP contribution in [0.25, 0.3) is 28.2 Å². The van der Waals surface area contributed by atoms with E-state index in [1.54, 1.807) is 13.4 Å². The topological polar surface area (TPSA) is 77.3 Å². The van der Waals surface area contributed by atoms with Crippen LogP contribution in [-0.4, -0.2) is 70.9 Å². The van der Waals surface area contributed by atoms with Crippen LogP contribution in [0.1, 0.15) is 0 Å². The summed E-state index contributed by atoms with van der Waals surface area (Å²) in [5.41, 5.74) is 3.46. The molecule has 1 aliphatic rings. The minimum atomic E-state index is 0.645. The normalized spacial score (nSPS) is 14.5. The van der Waals surface area contributed by atoms with Crippen LogP contribution in [0.2, 0.25) is 0 Å². The highest BCUT2D eigenvalue weighted by molar-refractivity contribution is 5.86. The number of fused-ring (bicyclic) bond motifs is 1. The highest BCUT2D eigenvalue weighted by Gasteiger charge is 2.16.